The van der Waals surface area contributed by atoms with Crippen LogP contribution in [0.1, 0.15) is 49.4 Å². The van der Waals surface area contributed by atoms with Crippen LogP contribution in [0.2, 0.25) is 0 Å². The molecule has 19 heavy (non-hydrogen) atoms. The number of carbonyl (C=O) groups excluding carboxylic acids is 1. The van der Waals surface area contributed by atoms with Gasteiger partial charge in [-0.25, -0.2) is 0 Å². The van der Waals surface area contributed by atoms with Crippen LogP contribution in [0.25, 0.3) is 0 Å². The third kappa shape index (κ3) is 3.06. The van der Waals surface area contributed by atoms with Crippen molar-refractivity contribution in [3.63, 3.8) is 0 Å². The molecule has 2 rings (SSSR count). The number of hydrogen-bond donors (Lipinski definition) is 0. The number of pyridine rings is 1. The summed E-state index contributed by atoms with van der Waals surface area (Å²) in [5, 5.41) is 0. The van der Waals surface area contributed by atoms with Gasteiger partial charge in [-0.15, -0.1) is 0 Å². The van der Waals surface area contributed by atoms with Crippen LogP contribution in [0.4, 0.5) is 0 Å². The maximum Gasteiger partial charge on any atom is 0.254 e. The van der Waals surface area contributed by atoms with E-state index in [2.05, 4.69) is 6.92 Å². The predicted molar refractivity (Wildman–Crippen MR) is 75.3 cm³/mol. The van der Waals surface area contributed by atoms with Gasteiger partial charge in [0.1, 0.15) is 0 Å². The van der Waals surface area contributed by atoms with Crippen LogP contribution in [0, 0.1) is 0 Å². The molecular formula is C15H22N2O2. The predicted octanol–water partition coefficient (Wildman–Crippen LogP) is 2.18. The second kappa shape index (κ2) is 6.04. The average Bonchev–Trinajstić information content (AvgIpc) is 2.42. The molecule has 0 bridgehead atoms. The summed E-state index contributed by atoms with van der Waals surface area (Å²) >= 11 is 0. The smallest absolute Gasteiger partial charge is 0.254 e. The van der Waals surface area contributed by atoms with Gasteiger partial charge in [0, 0.05) is 37.5 Å². The lowest BCUT2D eigenvalue weighted by Gasteiger charge is -2.35. The number of likely N-dealkylation sites (tertiary alicyclic amines) is 1. The summed E-state index contributed by atoms with van der Waals surface area (Å²) in [6.45, 7) is 2.97. The molecule has 0 N–H and O–H groups in total. The van der Waals surface area contributed by atoms with Crippen LogP contribution < -0.4 is 5.56 Å². The number of amides is 1. The Bertz CT molecular complexity index is 505. The first-order valence-corrected chi connectivity index (χ1v) is 7.11. The number of hydrogen-bond acceptors (Lipinski definition) is 2. The molecule has 0 radical (unpaired) electrons. The summed E-state index contributed by atoms with van der Waals surface area (Å²) in [5.41, 5.74) is 0.390. The Morgan fingerprint density at radius 3 is 2.89 bits per heavy atom. The van der Waals surface area contributed by atoms with E-state index in [9.17, 15) is 9.59 Å². The Morgan fingerprint density at radius 2 is 2.21 bits per heavy atom. The lowest BCUT2D eigenvalue weighted by Crippen LogP contribution is -2.44. The Morgan fingerprint density at radius 1 is 1.42 bits per heavy atom. The number of rotatable bonds is 3. The molecule has 0 aromatic carbocycles. The molecule has 0 aliphatic carbocycles. The van der Waals surface area contributed by atoms with Crippen molar-refractivity contribution in [3.05, 3.63) is 34.2 Å². The summed E-state index contributed by atoms with van der Waals surface area (Å²) in [6.07, 6.45) is 7.15. The normalized spacial score (nSPS) is 19.5. The lowest BCUT2D eigenvalue weighted by atomic mass is 9.97. The second-order valence-electron chi connectivity index (χ2n) is 5.30. The standard InChI is InChI=1S/C15H22N2O2/c1-3-6-13-7-4-5-9-17(13)15(19)12-8-10-16(2)14(18)11-12/h8,10-11,13H,3-7,9H2,1-2H3. The minimum Gasteiger partial charge on any atom is -0.336 e. The van der Waals surface area contributed by atoms with E-state index in [0.29, 0.717) is 11.6 Å². The molecule has 2 heterocycles. The van der Waals surface area contributed by atoms with Crippen molar-refractivity contribution in [2.24, 2.45) is 7.05 Å². The van der Waals surface area contributed by atoms with Crippen molar-refractivity contribution in [1.82, 2.24) is 9.47 Å². The van der Waals surface area contributed by atoms with Gasteiger partial charge in [-0.1, -0.05) is 13.3 Å². The first-order valence-electron chi connectivity index (χ1n) is 7.11. The zero-order valence-electron chi connectivity index (χ0n) is 11.8. The topological polar surface area (TPSA) is 42.3 Å². The van der Waals surface area contributed by atoms with E-state index < -0.39 is 0 Å². The summed E-state index contributed by atoms with van der Waals surface area (Å²) in [7, 11) is 1.69. The van der Waals surface area contributed by atoms with Gasteiger partial charge in [0.25, 0.3) is 11.5 Å². The molecule has 1 aliphatic heterocycles. The van der Waals surface area contributed by atoms with Crippen LogP contribution in [0.3, 0.4) is 0 Å². The third-order valence-electron chi connectivity index (χ3n) is 3.86. The molecular weight excluding hydrogens is 240 g/mol. The molecule has 0 spiro atoms. The van der Waals surface area contributed by atoms with Crippen LogP contribution in [-0.2, 0) is 7.05 Å². The summed E-state index contributed by atoms with van der Waals surface area (Å²) in [5.74, 6) is 0.0100. The van der Waals surface area contributed by atoms with Crippen LogP contribution in [0.5, 0.6) is 0 Å². The molecule has 1 unspecified atom stereocenters. The molecule has 1 amide bonds. The van der Waals surface area contributed by atoms with Gasteiger partial charge in [0.2, 0.25) is 0 Å². The van der Waals surface area contributed by atoms with Gasteiger partial charge in [0.05, 0.1) is 0 Å². The molecule has 4 nitrogen and oxygen atoms in total. The molecule has 4 heteroatoms. The Kier molecular flexibility index (Phi) is 4.40. The number of aromatic nitrogens is 1. The molecule has 1 aliphatic rings. The van der Waals surface area contributed by atoms with Crippen molar-refractivity contribution in [1.29, 1.82) is 0 Å². The van der Waals surface area contributed by atoms with Gasteiger partial charge in [0.15, 0.2) is 0 Å². The first kappa shape index (κ1) is 13.8. The molecule has 104 valence electrons. The number of nitrogens with zero attached hydrogens (tertiary/aromatic N) is 2. The quantitative estimate of drug-likeness (QED) is 0.838. The Hall–Kier alpha value is -1.58. The number of piperidine rings is 1. The zero-order chi connectivity index (χ0) is 13.8. The van der Waals surface area contributed by atoms with Crippen molar-refractivity contribution in [2.45, 2.75) is 45.1 Å². The zero-order valence-corrected chi connectivity index (χ0v) is 11.8. The number of carbonyl (C=O) groups is 1. The van der Waals surface area contributed by atoms with E-state index in [-0.39, 0.29) is 11.5 Å². The minimum atomic E-state index is -0.130. The van der Waals surface area contributed by atoms with Gasteiger partial charge in [-0.2, -0.15) is 0 Å². The fraction of sp³-hybridized carbons (Fsp3) is 0.600. The van der Waals surface area contributed by atoms with Crippen molar-refractivity contribution < 1.29 is 4.79 Å². The van der Waals surface area contributed by atoms with Gasteiger partial charge in [-0.3, -0.25) is 9.59 Å². The molecule has 1 aromatic heterocycles. The molecule has 1 saturated heterocycles. The fourth-order valence-corrected chi connectivity index (χ4v) is 2.75. The lowest BCUT2D eigenvalue weighted by molar-refractivity contribution is 0.0600. The maximum atomic E-state index is 12.5. The van der Waals surface area contributed by atoms with E-state index in [0.717, 1.165) is 32.2 Å². The highest BCUT2D eigenvalue weighted by atomic mass is 16.2. The van der Waals surface area contributed by atoms with Crippen molar-refractivity contribution in [3.8, 4) is 0 Å². The van der Waals surface area contributed by atoms with Crippen molar-refractivity contribution >= 4 is 5.91 Å². The highest BCUT2D eigenvalue weighted by Crippen LogP contribution is 2.22. The van der Waals surface area contributed by atoms with Crippen molar-refractivity contribution in [2.75, 3.05) is 6.54 Å². The molecule has 1 aromatic rings. The van der Waals surface area contributed by atoms with E-state index >= 15 is 0 Å². The second-order valence-corrected chi connectivity index (χ2v) is 5.30. The SMILES string of the molecule is CCCC1CCCCN1C(=O)c1ccn(C)c(=O)c1. The van der Waals surface area contributed by atoms with E-state index in [1.54, 1.807) is 19.3 Å². The van der Waals surface area contributed by atoms with Gasteiger partial charge >= 0.3 is 0 Å². The Labute approximate surface area is 114 Å². The van der Waals surface area contributed by atoms with E-state index in [1.165, 1.54) is 17.1 Å². The van der Waals surface area contributed by atoms with Crippen LogP contribution in [-0.4, -0.2) is 28.0 Å². The summed E-state index contributed by atoms with van der Waals surface area (Å²) in [4.78, 5) is 26.1. The molecule has 1 fully saturated rings. The minimum absolute atomic E-state index is 0.0100. The Balaban J connectivity index is 2.20. The summed E-state index contributed by atoms with van der Waals surface area (Å²) < 4.78 is 1.48. The van der Waals surface area contributed by atoms with Crippen LogP contribution >= 0.6 is 0 Å². The fourth-order valence-electron chi connectivity index (χ4n) is 2.75. The summed E-state index contributed by atoms with van der Waals surface area (Å²) in [6, 6.07) is 3.52. The molecule has 1 atom stereocenters. The average molecular weight is 262 g/mol. The first-order chi connectivity index (χ1) is 9.13. The largest absolute Gasteiger partial charge is 0.336 e. The van der Waals surface area contributed by atoms with Gasteiger partial charge in [-0.05, 0) is 31.7 Å². The maximum absolute atomic E-state index is 12.5. The highest BCUT2D eigenvalue weighted by Gasteiger charge is 2.26. The van der Waals surface area contributed by atoms with Crippen LogP contribution in [0.15, 0.2) is 23.1 Å². The highest BCUT2D eigenvalue weighted by molar-refractivity contribution is 5.94. The number of aryl methyl sites for hydroxylation is 1. The molecule has 0 saturated carbocycles. The van der Waals surface area contributed by atoms with E-state index in [4.69, 9.17) is 0 Å². The third-order valence-corrected chi connectivity index (χ3v) is 3.86. The monoisotopic (exact) mass is 262 g/mol. The van der Waals surface area contributed by atoms with Gasteiger partial charge < -0.3 is 9.47 Å². The van der Waals surface area contributed by atoms with E-state index in [1.807, 2.05) is 4.90 Å².